The Hall–Kier alpha value is -0.800. The fraction of sp³-hybridized carbons (Fsp3) is 0.364. The van der Waals surface area contributed by atoms with Gasteiger partial charge in [0.1, 0.15) is 0 Å². The molecule has 1 unspecified atom stereocenters. The van der Waals surface area contributed by atoms with Crippen LogP contribution in [0.4, 0.5) is 0 Å². The first-order valence-corrected chi connectivity index (χ1v) is 5.82. The molecule has 0 aliphatic heterocycles. The fourth-order valence-electron chi connectivity index (χ4n) is 1.71. The van der Waals surface area contributed by atoms with E-state index in [-0.39, 0.29) is 0 Å². The van der Waals surface area contributed by atoms with E-state index in [1.165, 1.54) is 0 Å². The number of hydrogen-bond donors (Lipinski definition) is 1. The number of imidazole rings is 1. The second-order valence-electron chi connectivity index (χ2n) is 3.72. The topological polar surface area (TPSA) is 20.7 Å². The molecule has 0 spiro atoms. The van der Waals surface area contributed by atoms with E-state index >= 15 is 0 Å². The Bertz CT molecular complexity index is 541. The van der Waals surface area contributed by atoms with Crippen LogP contribution in [0.25, 0.3) is 11.0 Å². The molecule has 1 N–H and O–H groups in total. The van der Waals surface area contributed by atoms with Gasteiger partial charge >= 0.3 is 0 Å². The van der Waals surface area contributed by atoms with E-state index in [4.69, 9.17) is 23.8 Å². The van der Waals surface area contributed by atoms with E-state index in [0.717, 1.165) is 27.2 Å². The molecule has 2 aromatic rings. The number of benzene rings is 1. The van der Waals surface area contributed by atoms with Crippen molar-refractivity contribution in [1.82, 2.24) is 9.55 Å². The van der Waals surface area contributed by atoms with Crippen molar-refractivity contribution in [3.8, 4) is 0 Å². The Morgan fingerprint density at radius 1 is 1.53 bits per heavy atom. The average molecular weight is 241 g/mol. The summed E-state index contributed by atoms with van der Waals surface area (Å²) in [6, 6.07) is 6.18. The van der Waals surface area contributed by atoms with E-state index in [9.17, 15) is 0 Å². The second-order valence-corrected chi connectivity index (χ2v) is 4.54. The van der Waals surface area contributed by atoms with Crippen LogP contribution < -0.4 is 0 Å². The summed E-state index contributed by atoms with van der Waals surface area (Å²) in [5.74, 6) is 0. The molecule has 1 heterocycles. The van der Waals surface area contributed by atoms with Crippen LogP contribution in [-0.2, 0) is 0 Å². The summed E-state index contributed by atoms with van der Waals surface area (Å²) in [5, 5.41) is 0.744. The van der Waals surface area contributed by atoms with Crippen LogP contribution in [-0.4, -0.2) is 9.55 Å². The lowest BCUT2D eigenvalue weighted by Gasteiger charge is -2.11. The van der Waals surface area contributed by atoms with Gasteiger partial charge in [-0.2, -0.15) is 0 Å². The highest BCUT2D eigenvalue weighted by atomic mass is 35.5. The molecule has 1 aromatic heterocycles. The van der Waals surface area contributed by atoms with Crippen LogP contribution in [0.1, 0.15) is 26.3 Å². The van der Waals surface area contributed by atoms with E-state index in [1.807, 2.05) is 18.2 Å². The summed E-state index contributed by atoms with van der Waals surface area (Å²) in [6.07, 6.45) is 1.05. The minimum Gasteiger partial charge on any atom is -0.331 e. The molecular weight excluding hydrogens is 228 g/mol. The van der Waals surface area contributed by atoms with Crippen molar-refractivity contribution < 1.29 is 0 Å². The molecule has 0 fully saturated rings. The van der Waals surface area contributed by atoms with Gasteiger partial charge in [0.25, 0.3) is 0 Å². The molecule has 80 valence electrons. The van der Waals surface area contributed by atoms with Crippen molar-refractivity contribution in [3.05, 3.63) is 28.0 Å². The molecular formula is C11H13ClN2S. The van der Waals surface area contributed by atoms with E-state index in [1.54, 1.807) is 0 Å². The molecule has 2 nitrogen and oxygen atoms in total. The van der Waals surface area contributed by atoms with Gasteiger partial charge in [0.15, 0.2) is 4.77 Å². The Kier molecular flexibility index (Phi) is 2.85. The molecule has 0 aliphatic rings. The zero-order valence-corrected chi connectivity index (χ0v) is 10.3. The summed E-state index contributed by atoms with van der Waals surface area (Å²) >= 11 is 11.3. The van der Waals surface area contributed by atoms with Gasteiger partial charge in [-0.3, -0.25) is 0 Å². The smallest absolute Gasteiger partial charge is 0.178 e. The first-order chi connectivity index (χ1) is 7.13. The molecule has 0 saturated carbocycles. The molecule has 2 rings (SSSR count). The maximum Gasteiger partial charge on any atom is 0.178 e. The van der Waals surface area contributed by atoms with Gasteiger partial charge in [0, 0.05) is 11.1 Å². The van der Waals surface area contributed by atoms with E-state index < -0.39 is 0 Å². The molecule has 1 aromatic carbocycles. The zero-order valence-electron chi connectivity index (χ0n) is 8.75. The summed E-state index contributed by atoms with van der Waals surface area (Å²) in [6.45, 7) is 4.31. The Morgan fingerprint density at radius 2 is 2.27 bits per heavy atom. The fourth-order valence-corrected chi connectivity index (χ4v) is 2.27. The number of H-pyrrole nitrogens is 1. The van der Waals surface area contributed by atoms with Gasteiger partial charge in [-0.15, -0.1) is 0 Å². The highest BCUT2D eigenvalue weighted by Crippen LogP contribution is 2.23. The van der Waals surface area contributed by atoms with Crippen LogP contribution in [0.5, 0.6) is 0 Å². The minimum atomic E-state index is 0.393. The number of aromatic amines is 1. The molecule has 1 atom stereocenters. The lowest BCUT2D eigenvalue weighted by molar-refractivity contribution is 0.539. The number of halogens is 1. The molecule has 0 bridgehead atoms. The largest absolute Gasteiger partial charge is 0.331 e. The first kappa shape index (κ1) is 10.7. The van der Waals surface area contributed by atoms with Crippen LogP contribution in [0, 0.1) is 4.77 Å². The van der Waals surface area contributed by atoms with Crippen LogP contribution in [0.3, 0.4) is 0 Å². The van der Waals surface area contributed by atoms with Crippen molar-refractivity contribution in [2.45, 2.75) is 26.3 Å². The van der Waals surface area contributed by atoms with Gasteiger partial charge in [-0.1, -0.05) is 18.5 Å². The standard InChI is InChI=1S/C11H13ClN2S/c1-3-7(2)14-10-6-8(12)4-5-9(10)13-11(14)15/h4-7H,3H2,1-2H3,(H,13,15). The summed E-state index contributed by atoms with van der Waals surface area (Å²) in [7, 11) is 0. The Balaban J connectivity index is 2.76. The molecule has 0 saturated heterocycles. The summed E-state index contributed by atoms with van der Waals surface area (Å²) in [4.78, 5) is 3.19. The normalized spacial score (nSPS) is 13.3. The minimum absolute atomic E-state index is 0.393. The second kappa shape index (κ2) is 3.99. The van der Waals surface area contributed by atoms with Crippen LogP contribution in [0.15, 0.2) is 18.2 Å². The third-order valence-corrected chi connectivity index (χ3v) is 3.25. The highest BCUT2D eigenvalue weighted by Gasteiger charge is 2.09. The van der Waals surface area contributed by atoms with Crippen LogP contribution >= 0.6 is 23.8 Å². The Morgan fingerprint density at radius 3 is 2.93 bits per heavy atom. The van der Waals surface area contributed by atoms with Gasteiger partial charge in [0.05, 0.1) is 11.0 Å². The summed E-state index contributed by atoms with van der Waals surface area (Å²) < 4.78 is 2.89. The number of hydrogen-bond acceptors (Lipinski definition) is 1. The number of aromatic nitrogens is 2. The maximum atomic E-state index is 5.99. The number of nitrogens with one attached hydrogen (secondary N) is 1. The SMILES string of the molecule is CCC(C)n1c(=S)[nH]c2ccc(Cl)cc21. The maximum absolute atomic E-state index is 5.99. The molecule has 0 radical (unpaired) electrons. The van der Waals surface area contributed by atoms with E-state index in [2.05, 4.69) is 23.4 Å². The van der Waals surface area contributed by atoms with Crippen molar-refractivity contribution in [2.75, 3.05) is 0 Å². The molecule has 4 heteroatoms. The zero-order chi connectivity index (χ0) is 11.0. The molecule has 0 aliphatic carbocycles. The number of nitrogens with zero attached hydrogens (tertiary/aromatic N) is 1. The van der Waals surface area contributed by atoms with Crippen molar-refractivity contribution in [3.63, 3.8) is 0 Å². The first-order valence-electron chi connectivity index (χ1n) is 5.03. The third kappa shape index (κ3) is 1.82. The van der Waals surface area contributed by atoms with Crippen molar-refractivity contribution in [2.24, 2.45) is 0 Å². The number of fused-ring (bicyclic) bond motifs is 1. The predicted octanol–water partition coefficient (Wildman–Crippen LogP) is 4.32. The molecule has 15 heavy (non-hydrogen) atoms. The van der Waals surface area contributed by atoms with Gasteiger partial charge in [0.2, 0.25) is 0 Å². The van der Waals surface area contributed by atoms with Crippen molar-refractivity contribution in [1.29, 1.82) is 0 Å². The lowest BCUT2D eigenvalue weighted by Crippen LogP contribution is -2.03. The highest BCUT2D eigenvalue weighted by molar-refractivity contribution is 7.71. The average Bonchev–Trinajstić information content (AvgIpc) is 2.52. The predicted molar refractivity (Wildman–Crippen MR) is 67.1 cm³/mol. The van der Waals surface area contributed by atoms with Gasteiger partial charge < -0.3 is 9.55 Å². The van der Waals surface area contributed by atoms with Gasteiger partial charge in [-0.05, 0) is 43.8 Å². The quantitative estimate of drug-likeness (QED) is 0.776. The third-order valence-electron chi connectivity index (χ3n) is 2.71. The number of rotatable bonds is 2. The Labute approximate surface area is 98.9 Å². The van der Waals surface area contributed by atoms with Crippen molar-refractivity contribution >= 4 is 34.9 Å². The monoisotopic (exact) mass is 240 g/mol. The lowest BCUT2D eigenvalue weighted by atomic mass is 10.2. The molecule has 0 amide bonds. The summed E-state index contributed by atoms with van der Waals surface area (Å²) in [5.41, 5.74) is 2.13. The van der Waals surface area contributed by atoms with E-state index in [0.29, 0.717) is 6.04 Å². The van der Waals surface area contributed by atoms with Gasteiger partial charge in [-0.25, -0.2) is 0 Å². The van der Waals surface area contributed by atoms with Crippen LogP contribution in [0.2, 0.25) is 5.02 Å².